The number of hydrogen-bond acceptors (Lipinski definition) is 4. The molecule has 0 aliphatic heterocycles. The number of methoxy groups -OCH3 is 1. The van der Waals surface area contributed by atoms with Crippen molar-refractivity contribution >= 4 is 11.9 Å². The van der Waals surface area contributed by atoms with Crippen LogP contribution in [-0.4, -0.2) is 25.6 Å². The highest BCUT2D eigenvalue weighted by molar-refractivity contribution is 5.80. The molecule has 1 aliphatic rings. The van der Waals surface area contributed by atoms with Gasteiger partial charge in [0.25, 0.3) is 5.91 Å². The topological polar surface area (TPSA) is 64.6 Å². The number of nitrogens with one attached hydrogen (secondary N) is 1. The van der Waals surface area contributed by atoms with E-state index in [-0.39, 0.29) is 24.5 Å². The Morgan fingerprint density at radius 3 is 2.67 bits per heavy atom. The molecule has 0 bridgehead atoms. The molecule has 2 rings (SSSR count). The molecule has 132 valence electrons. The summed E-state index contributed by atoms with van der Waals surface area (Å²) in [4.78, 5) is 23.7. The molecule has 1 aliphatic carbocycles. The molecule has 5 nitrogen and oxygen atoms in total. The second kappa shape index (κ2) is 9.30. The Bertz CT molecular complexity index is 552. The summed E-state index contributed by atoms with van der Waals surface area (Å²) < 4.78 is 10.4. The van der Waals surface area contributed by atoms with E-state index in [0.717, 1.165) is 17.7 Å². The first-order valence-electron chi connectivity index (χ1n) is 8.68. The van der Waals surface area contributed by atoms with Gasteiger partial charge >= 0.3 is 5.97 Å². The largest absolute Gasteiger partial charge is 0.496 e. The van der Waals surface area contributed by atoms with E-state index in [1.54, 1.807) is 7.11 Å². The lowest BCUT2D eigenvalue weighted by molar-refractivity contribution is -0.149. The van der Waals surface area contributed by atoms with Gasteiger partial charge in [-0.2, -0.15) is 0 Å². The molecule has 0 spiro atoms. The van der Waals surface area contributed by atoms with Gasteiger partial charge in [0.15, 0.2) is 6.61 Å². The zero-order valence-electron chi connectivity index (χ0n) is 14.5. The maximum Gasteiger partial charge on any atom is 0.306 e. The van der Waals surface area contributed by atoms with Crippen molar-refractivity contribution in [3.05, 3.63) is 29.8 Å². The number of benzene rings is 1. The molecule has 1 saturated carbocycles. The molecule has 5 heteroatoms. The predicted molar refractivity (Wildman–Crippen MR) is 91.7 cm³/mol. The van der Waals surface area contributed by atoms with Gasteiger partial charge < -0.3 is 14.8 Å². The fourth-order valence-electron chi connectivity index (χ4n) is 3.22. The minimum Gasteiger partial charge on any atom is -0.496 e. The molecule has 1 aromatic carbocycles. The smallest absolute Gasteiger partial charge is 0.306 e. The van der Waals surface area contributed by atoms with E-state index in [9.17, 15) is 9.59 Å². The van der Waals surface area contributed by atoms with Crippen molar-refractivity contribution in [3.8, 4) is 5.75 Å². The summed E-state index contributed by atoms with van der Waals surface area (Å²) in [5, 5.41) is 2.83. The number of para-hydroxylation sites is 1. The van der Waals surface area contributed by atoms with Crippen molar-refractivity contribution in [3.63, 3.8) is 0 Å². The molecule has 0 aromatic heterocycles. The second-order valence-corrected chi connectivity index (χ2v) is 6.38. The molecular weight excluding hydrogens is 306 g/mol. The fourth-order valence-corrected chi connectivity index (χ4v) is 3.22. The van der Waals surface area contributed by atoms with E-state index in [1.807, 2.05) is 31.2 Å². The van der Waals surface area contributed by atoms with Crippen LogP contribution in [0.25, 0.3) is 0 Å². The Labute approximate surface area is 143 Å². The van der Waals surface area contributed by atoms with Gasteiger partial charge in [0.1, 0.15) is 5.75 Å². The Balaban J connectivity index is 1.71. The van der Waals surface area contributed by atoms with E-state index in [1.165, 1.54) is 25.7 Å². The lowest BCUT2D eigenvalue weighted by Gasteiger charge is -2.17. The van der Waals surface area contributed by atoms with Crippen LogP contribution in [0.5, 0.6) is 5.75 Å². The summed E-state index contributed by atoms with van der Waals surface area (Å²) in [6.07, 6.45) is 6.23. The maximum absolute atomic E-state index is 12.0. The van der Waals surface area contributed by atoms with Crippen molar-refractivity contribution < 1.29 is 19.1 Å². The molecule has 0 radical (unpaired) electrons. The molecule has 1 atom stereocenters. The predicted octanol–water partition coefficient (Wildman–Crippen LogP) is 3.39. The first-order valence-corrected chi connectivity index (χ1v) is 8.68. The van der Waals surface area contributed by atoms with Gasteiger partial charge in [0.2, 0.25) is 0 Å². The molecular formula is C19H27NO4. The van der Waals surface area contributed by atoms with E-state index < -0.39 is 0 Å². The number of amides is 1. The summed E-state index contributed by atoms with van der Waals surface area (Å²) in [5.41, 5.74) is 0.890. The number of carbonyl (C=O) groups is 2. The first kappa shape index (κ1) is 18.3. The van der Waals surface area contributed by atoms with E-state index >= 15 is 0 Å². The minimum atomic E-state index is -0.303. The van der Waals surface area contributed by atoms with Crippen LogP contribution in [0.1, 0.15) is 57.1 Å². The van der Waals surface area contributed by atoms with Crippen LogP contribution in [0.4, 0.5) is 0 Å². The first-order chi connectivity index (χ1) is 11.6. The van der Waals surface area contributed by atoms with Gasteiger partial charge in [-0.15, -0.1) is 0 Å². The van der Waals surface area contributed by atoms with Crippen LogP contribution >= 0.6 is 0 Å². The lowest BCUT2D eigenvalue weighted by atomic mass is 10.0. The molecule has 0 saturated heterocycles. The van der Waals surface area contributed by atoms with Gasteiger partial charge in [-0.25, -0.2) is 0 Å². The van der Waals surface area contributed by atoms with Crippen LogP contribution in [-0.2, 0) is 14.3 Å². The summed E-state index contributed by atoms with van der Waals surface area (Å²) in [6, 6.07) is 7.30. The van der Waals surface area contributed by atoms with Crippen LogP contribution in [0.3, 0.4) is 0 Å². The van der Waals surface area contributed by atoms with Crippen molar-refractivity contribution in [1.82, 2.24) is 5.32 Å². The van der Waals surface area contributed by atoms with Crippen LogP contribution in [0, 0.1) is 5.92 Å². The van der Waals surface area contributed by atoms with Crippen molar-refractivity contribution in [2.75, 3.05) is 13.7 Å². The minimum absolute atomic E-state index is 0.217. The zero-order valence-corrected chi connectivity index (χ0v) is 14.5. The fraction of sp³-hybridized carbons (Fsp3) is 0.579. The van der Waals surface area contributed by atoms with E-state index in [4.69, 9.17) is 9.47 Å². The third kappa shape index (κ3) is 5.55. The average Bonchev–Trinajstić information content (AvgIpc) is 3.11. The molecule has 1 fully saturated rings. The highest BCUT2D eigenvalue weighted by Crippen LogP contribution is 2.28. The second-order valence-electron chi connectivity index (χ2n) is 6.38. The number of carbonyl (C=O) groups excluding carboxylic acids is 2. The number of rotatable bonds is 8. The van der Waals surface area contributed by atoms with Gasteiger partial charge in [-0.3, -0.25) is 9.59 Å². The molecule has 1 aromatic rings. The van der Waals surface area contributed by atoms with Crippen LogP contribution in [0.15, 0.2) is 24.3 Å². The average molecular weight is 333 g/mol. The van der Waals surface area contributed by atoms with Crippen molar-refractivity contribution in [1.29, 1.82) is 0 Å². The Hall–Kier alpha value is -2.04. The molecule has 1 N–H and O–H groups in total. The molecule has 0 heterocycles. The number of ether oxygens (including phenoxy) is 2. The summed E-state index contributed by atoms with van der Waals surface area (Å²) in [7, 11) is 1.60. The Morgan fingerprint density at radius 1 is 1.25 bits per heavy atom. The third-order valence-electron chi connectivity index (χ3n) is 4.58. The molecule has 24 heavy (non-hydrogen) atoms. The Kier molecular flexibility index (Phi) is 7.09. The van der Waals surface area contributed by atoms with Crippen molar-refractivity contribution in [2.45, 2.75) is 51.5 Å². The van der Waals surface area contributed by atoms with Crippen LogP contribution < -0.4 is 10.1 Å². The lowest BCUT2D eigenvalue weighted by Crippen LogP contribution is -2.31. The monoisotopic (exact) mass is 333 g/mol. The number of esters is 1. The summed E-state index contributed by atoms with van der Waals surface area (Å²) in [6.45, 7) is 1.64. The summed E-state index contributed by atoms with van der Waals surface area (Å²) in [5.74, 6) is 0.778. The van der Waals surface area contributed by atoms with Gasteiger partial charge in [0.05, 0.1) is 13.2 Å². The highest BCUT2D eigenvalue weighted by atomic mass is 16.5. The van der Waals surface area contributed by atoms with Gasteiger partial charge in [-0.05, 0) is 25.3 Å². The van der Waals surface area contributed by atoms with E-state index in [2.05, 4.69) is 5.32 Å². The third-order valence-corrected chi connectivity index (χ3v) is 4.58. The van der Waals surface area contributed by atoms with Gasteiger partial charge in [-0.1, -0.05) is 43.9 Å². The summed E-state index contributed by atoms with van der Waals surface area (Å²) >= 11 is 0. The molecule has 1 amide bonds. The Morgan fingerprint density at radius 2 is 1.96 bits per heavy atom. The number of hydrogen-bond donors (Lipinski definition) is 1. The van der Waals surface area contributed by atoms with Crippen molar-refractivity contribution in [2.24, 2.45) is 5.92 Å². The highest BCUT2D eigenvalue weighted by Gasteiger charge is 2.18. The van der Waals surface area contributed by atoms with E-state index in [0.29, 0.717) is 12.3 Å². The maximum atomic E-state index is 12.0. The normalized spacial score (nSPS) is 15.8. The zero-order chi connectivity index (χ0) is 17.4. The quantitative estimate of drug-likeness (QED) is 0.741. The van der Waals surface area contributed by atoms with Crippen LogP contribution in [0.2, 0.25) is 0 Å². The van der Waals surface area contributed by atoms with Gasteiger partial charge in [0, 0.05) is 12.0 Å². The standard InChI is InChI=1S/C19H27NO4/c1-14(16-9-5-6-10-17(16)23-2)20-18(21)13-24-19(22)12-11-15-7-3-4-8-15/h5-6,9-10,14-15H,3-4,7-8,11-13H2,1-2H3,(H,20,21). The SMILES string of the molecule is COc1ccccc1C(C)NC(=O)COC(=O)CCC1CCCC1. The molecule has 1 unspecified atom stereocenters.